The Morgan fingerprint density at radius 1 is 0.697 bits per heavy atom. The number of hydrogen-bond acceptors (Lipinski definition) is 8. The van der Waals surface area contributed by atoms with Gasteiger partial charge in [-0.05, 0) is 27.7 Å². The average molecular weight is 450 g/mol. The summed E-state index contributed by atoms with van der Waals surface area (Å²) in [4.78, 5) is 23.7. The van der Waals surface area contributed by atoms with Crippen LogP contribution in [0.5, 0.6) is 0 Å². The van der Waals surface area contributed by atoms with Crippen LogP contribution in [0.3, 0.4) is 0 Å². The standard InChI is InChI=1S/C24H31N7O2/c1-16-12-29(13-17(2)32-16)22-26-23(30-14-18(3)33-19(4)15-30)28-24(27-22)31-11-10-25-21(31)20-8-6-5-7-9-20/h5-11,16-19H,12-15H2,1-4H3. The molecular formula is C24H31N7O2. The minimum absolute atomic E-state index is 0.106. The summed E-state index contributed by atoms with van der Waals surface area (Å²) in [5.41, 5.74) is 1.01. The van der Waals surface area contributed by atoms with Gasteiger partial charge in [0.15, 0.2) is 0 Å². The number of hydrogen-bond donors (Lipinski definition) is 0. The normalized spacial score (nSPS) is 25.9. The monoisotopic (exact) mass is 449 g/mol. The molecule has 4 unspecified atom stereocenters. The van der Waals surface area contributed by atoms with E-state index in [0.29, 0.717) is 17.8 Å². The van der Waals surface area contributed by atoms with Crippen LogP contribution >= 0.6 is 0 Å². The molecule has 1 aromatic carbocycles. The van der Waals surface area contributed by atoms with Crippen molar-refractivity contribution in [1.29, 1.82) is 0 Å². The van der Waals surface area contributed by atoms with Crippen LogP contribution < -0.4 is 9.80 Å². The van der Waals surface area contributed by atoms with E-state index in [2.05, 4.69) is 42.5 Å². The van der Waals surface area contributed by atoms with Crippen LogP contribution in [0.4, 0.5) is 11.9 Å². The lowest BCUT2D eigenvalue weighted by molar-refractivity contribution is -0.00619. The fraction of sp³-hybridized carbons (Fsp3) is 0.500. The Balaban J connectivity index is 1.59. The first-order valence-corrected chi connectivity index (χ1v) is 11.6. The Kier molecular flexibility index (Phi) is 5.99. The maximum atomic E-state index is 5.94. The first-order chi connectivity index (χ1) is 16.0. The van der Waals surface area contributed by atoms with Crippen LogP contribution in [0, 0.1) is 0 Å². The molecule has 2 fully saturated rings. The predicted molar refractivity (Wildman–Crippen MR) is 127 cm³/mol. The van der Waals surface area contributed by atoms with Crippen molar-refractivity contribution in [3.63, 3.8) is 0 Å². The van der Waals surface area contributed by atoms with Crippen LogP contribution in [0.1, 0.15) is 27.7 Å². The van der Waals surface area contributed by atoms with Gasteiger partial charge in [0.25, 0.3) is 0 Å². The molecule has 0 spiro atoms. The highest BCUT2D eigenvalue weighted by molar-refractivity contribution is 5.57. The lowest BCUT2D eigenvalue weighted by atomic mass is 10.2. The SMILES string of the molecule is CC1CN(c2nc(N3CC(C)OC(C)C3)nc(-n3ccnc3-c3ccccc3)n2)CC(C)O1. The van der Waals surface area contributed by atoms with Crippen molar-refractivity contribution >= 4 is 11.9 Å². The summed E-state index contributed by atoms with van der Waals surface area (Å²) < 4.78 is 13.8. The molecule has 9 heteroatoms. The zero-order valence-electron chi connectivity index (χ0n) is 19.6. The molecular weight excluding hydrogens is 418 g/mol. The van der Waals surface area contributed by atoms with Crippen molar-refractivity contribution in [3.8, 4) is 17.3 Å². The van der Waals surface area contributed by atoms with Crippen LogP contribution in [-0.4, -0.2) is 75.1 Å². The average Bonchev–Trinajstić information content (AvgIpc) is 3.28. The van der Waals surface area contributed by atoms with Gasteiger partial charge in [-0.1, -0.05) is 30.3 Å². The second kappa shape index (κ2) is 9.07. The van der Waals surface area contributed by atoms with Crippen molar-refractivity contribution in [2.75, 3.05) is 36.0 Å². The molecule has 2 aliphatic rings. The smallest absolute Gasteiger partial charge is 0.242 e. The van der Waals surface area contributed by atoms with Crippen LogP contribution in [-0.2, 0) is 9.47 Å². The number of benzene rings is 1. The van der Waals surface area contributed by atoms with Crippen LogP contribution in [0.2, 0.25) is 0 Å². The molecule has 0 bridgehead atoms. The summed E-state index contributed by atoms with van der Waals surface area (Å²) >= 11 is 0. The second-order valence-electron chi connectivity index (χ2n) is 9.05. The lowest BCUT2D eigenvalue weighted by Crippen LogP contribution is -2.48. The third-order valence-electron chi connectivity index (χ3n) is 5.89. The van der Waals surface area contributed by atoms with Gasteiger partial charge >= 0.3 is 0 Å². The number of aromatic nitrogens is 5. The van der Waals surface area contributed by atoms with Crippen molar-refractivity contribution in [1.82, 2.24) is 24.5 Å². The molecule has 174 valence electrons. The highest BCUT2D eigenvalue weighted by atomic mass is 16.5. The van der Waals surface area contributed by atoms with Crippen molar-refractivity contribution in [2.45, 2.75) is 52.1 Å². The second-order valence-corrected chi connectivity index (χ2v) is 9.05. The Hall–Kier alpha value is -3.04. The molecule has 2 aromatic heterocycles. The topological polar surface area (TPSA) is 81.4 Å². The van der Waals surface area contributed by atoms with E-state index in [9.17, 15) is 0 Å². The van der Waals surface area contributed by atoms with E-state index in [1.54, 1.807) is 6.20 Å². The summed E-state index contributed by atoms with van der Waals surface area (Å²) in [7, 11) is 0. The van der Waals surface area contributed by atoms with Gasteiger partial charge < -0.3 is 19.3 Å². The quantitative estimate of drug-likeness (QED) is 0.601. The van der Waals surface area contributed by atoms with E-state index in [4.69, 9.17) is 24.4 Å². The summed E-state index contributed by atoms with van der Waals surface area (Å²) in [6.07, 6.45) is 4.11. The number of nitrogens with zero attached hydrogens (tertiary/aromatic N) is 7. The van der Waals surface area contributed by atoms with E-state index in [-0.39, 0.29) is 24.4 Å². The van der Waals surface area contributed by atoms with Gasteiger partial charge in [-0.25, -0.2) is 4.98 Å². The number of morpholine rings is 2. The molecule has 3 aromatic rings. The largest absolute Gasteiger partial charge is 0.372 e. The van der Waals surface area contributed by atoms with E-state index in [1.807, 2.05) is 41.1 Å². The molecule has 33 heavy (non-hydrogen) atoms. The molecule has 0 N–H and O–H groups in total. The third-order valence-corrected chi connectivity index (χ3v) is 5.89. The van der Waals surface area contributed by atoms with Crippen molar-refractivity contribution in [3.05, 3.63) is 42.7 Å². The molecule has 0 amide bonds. The minimum atomic E-state index is 0.106. The molecule has 5 rings (SSSR count). The summed E-state index contributed by atoms with van der Waals surface area (Å²) in [6.45, 7) is 11.3. The van der Waals surface area contributed by atoms with Gasteiger partial charge in [0.05, 0.1) is 24.4 Å². The van der Waals surface area contributed by atoms with E-state index >= 15 is 0 Å². The van der Waals surface area contributed by atoms with Crippen LogP contribution in [0.15, 0.2) is 42.7 Å². The fourth-order valence-corrected chi connectivity index (χ4v) is 4.68. The van der Waals surface area contributed by atoms with E-state index in [0.717, 1.165) is 37.6 Å². The first-order valence-electron chi connectivity index (χ1n) is 11.6. The molecule has 4 heterocycles. The van der Waals surface area contributed by atoms with Gasteiger partial charge in [0.1, 0.15) is 5.82 Å². The van der Waals surface area contributed by atoms with Gasteiger partial charge in [0, 0.05) is 44.1 Å². The molecule has 9 nitrogen and oxygen atoms in total. The van der Waals surface area contributed by atoms with Gasteiger partial charge in [-0.3, -0.25) is 4.57 Å². The molecule has 2 saturated heterocycles. The minimum Gasteiger partial charge on any atom is -0.372 e. The lowest BCUT2D eigenvalue weighted by Gasteiger charge is -2.37. The van der Waals surface area contributed by atoms with Gasteiger partial charge in [0.2, 0.25) is 17.8 Å². The van der Waals surface area contributed by atoms with Crippen molar-refractivity contribution < 1.29 is 9.47 Å². The van der Waals surface area contributed by atoms with E-state index < -0.39 is 0 Å². The molecule has 0 radical (unpaired) electrons. The maximum absolute atomic E-state index is 5.94. The molecule has 0 aliphatic carbocycles. The first kappa shape index (κ1) is 21.8. The number of anilines is 2. The maximum Gasteiger partial charge on any atom is 0.242 e. The van der Waals surface area contributed by atoms with E-state index in [1.165, 1.54) is 0 Å². The Bertz CT molecular complexity index is 1030. The fourth-order valence-electron chi connectivity index (χ4n) is 4.68. The number of imidazole rings is 1. The summed E-state index contributed by atoms with van der Waals surface area (Å²) in [6, 6.07) is 10.1. The molecule has 4 atom stereocenters. The molecule has 0 saturated carbocycles. The van der Waals surface area contributed by atoms with Crippen molar-refractivity contribution in [2.24, 2.45) is 0 Å². The Morgan fingerprint density at radius 2 is 1.18 bits per heavy atom. The third kappa shape index (κ3) is 4.69. The predicted octanol–water partition coefficient (Wildman–Crippen LogP) is 2.95. The zero-order valence-corrected chi connectivity index (χ0v) is 19.6. The zero-order chi connectivity index (χ0) is 22.9. The molecule has 2 aliphatic heterocycles. The summed E-state index contributed by atoms with van der Waals surface area (Å²) in [5, 5.41) is 0. The Labute approximate surface area is 194 Å². The highest BCUT2D eigenvalue weighted by Crippen LogP contribution is 2.25. The Morgan fingerprint density at radius 3 is 1.70 bits per heavy atom. The van der Waals surface area contributed by atoms with Crippen LogP contribution in [0.25, 0.3) is 17.3 Å². The summed E-state index contributed by atoms with van der Waals surface area (Å²) in [5.74, 6) is 2.68. The highest BCUT2D eigenvalue weighted by Gasteiger charge is 2.29. The van der Waals surface area contributed by atoms with Gasteiger partial charge in [-0.15, -0.1) is 0 Å². The number of ether oxygens (including phenoxy) is 2. The van der Waals surface area contributed by atoms with Gasteiger partial charge in [-0.2, -0.15) is 15.0 Å². The number of rotatable bonds is 4.